The zero-order chi connectivity index (χ0) is 28.9. The van der Waals surface area contributed by atoms with E-state index in [-0.39, 0.29) is 0 Å². The number of hydrogen-bond acceptors (Lipinski definition) is 2. The van der Waals surface area contributed by atoms with Crippen LogP contribution in [0.4, 0.5) is 26.3 Å². The van der Waals surface area contributed by atoms with E-state index in [1.54, 1.807) is 18.2 Å². The molecule has 0 aromatic heterocycles. The standard InChI is InChI=1S/C31H29F6NO2/c1-19-12-16-38(17-13-19)27(21-4-8-23(9-5-21)31(35,36)37)25-11-10-24(29(14-15-29)28(39)40)18-26(25)20-2-6-22(7-3-20)30(32,33)34/h2-11,18-19,27H,12-17H2,1H3,(H,39,40). The van der Waals surface area contributed by atoms with Gasteiger partial charge in [0.2, 0.25) is 0 Å². The Hall–Kier alpha value is -3.33. The van der Waals surface area contributed by atoms with E-state index in [9.17, 15) is 36.2 Å². The molecule has 1 aliphatic heterocycles. The monoisotopic (exact) mass is 561 g/mol. The molecule has 5 rings (SSSR count). The van der Waals surface area contributed by atoms with E-state index in [0.29, 0.717) is 59.7 Å². The van der Waals surface area contributed by atoms with Gasteiger partial charge < -0.3 is 5.11 Å². The molecule has 1 saturated carbocycles. The van der Waals surface area contributed by atoms with Gasteiger partial charge in [0, 0.05) is 0 Å². The normalized spacial score (nSPS) is 18.9. The molecule has 1 unspecified atom stereocenters. The molecule has 1 saturated heterocycles. The number of nitrogens with zero attached hydrogens (tertiary/aromatic N) is 1. The lowest BCUT2D eigenvalue weighted by Crippen LogP contribution is -2.37. The van der Waals surface area contributed by atoms with Crippen LogP contribution in [-0.4, -0.2) is 29.1 Å². The van der Waals surface area contributed by atoms with Gasteiger partial charge in [-0.15, -0.1) is 0 Å². The minimum Gasteiger partial charge on any atom is -0.481 e. The van der Waals surface area contributed by atoms with Crippen molar-refractivity contribution < 1.29 is 36.2 Å². The molecule has 0 amide bonds. The number of piperidine rings is 1. The van der Waals surface area contributed by atoms with E-state index in [0.717, 1.165) is 37.1 Å². The molecular formula is C31H29F6NO2. The smallest absolute Gasteiger partial charge is 0.416 e. The summed E-state index contributed by atoms with van der Waals surface area (Å²) in [6, 6.07) is 14.5. The number of rotatable bonds is 6. The lowest BCUT2D eigenvalue weighted by atomic mass is 9.84. The van der Waals surface area contributed by atoms with Crippen molar-refractivity contribution in [1.29, 1.82) is 0 Å². The minimum absolute atomic E-state index is 0.459. The largest absolute Gasteiger partial charge is 0.481 e. The summed E-state index contributed by atoms with van der Waals surface area (Å²) in [5, 5.41) is 9.90. The molecule has 40 heavy (non-hydrogen) atoms. The quantitative estimate of drug-likeness (QED) is 0.308. The van der Waals surface area contributed by atoms with Gasteiger partial charge in [-0.25, -0.2) is 0 Å². The maximum Gasteiger partial charge on any atom is 0.416 e. The van der Waals surface area contributed by atoms with Crippen molar-refractivity contribution in [2.45, 2.75) is 56.4 Å². The van der Waals surface area contributed by atoms with Gasteiger partial charge in [0.1, 0.15) is 0 Å². The second-order valence-corrected chi connectivity index (χ2v) is 11.0. The second-order valence-electron chi connectivity index (χ2n) is 11.0. The molecule has 212 valence electrons. The average molecular weight is 562 g/mol. The van der Waals surface area contributed by atoms with Crippen LogP contribution < -0.4 is 0 Å². The molecule has 2 fully saturated rings. The van der Waals surface area contributed by atoms with Gasteiger partial charge in [0.15, 0.2) is 0 Å². The lowest BCUT2D eigenvalue weighted by molar-refractivity contribution is -0.140. The number of carboxylic acid groups (broad SMARTS) is 1. The first kappa shape index (κ1) is 28.2. The minimum atomic E-state index is -4.52. The fourth-order valence-corrected chi connectivity index (χ4v) is 5.66. The summed E-state index contributed by atoms with van der Waals surface area (Å²) in [6.07, 6.45) is -6.30. The molecule has 3 nitrogen and oxygen atoms in total. The highest BCUT2D eigenvalue weighted by molar-refractivity contribution is 5.86. The van der Waals surface area contributed by atoms with Crippen molar-refractivity contribution in [3.8, 4) is 11.1 Å². The van der Waals surface area contributed by atoms with Crippen LogP contribution in [0.5, 0.6) is 0 Å². The number of carbonyl (C=O) groups is 1. The first-order valence-electron chi connectivity index (χ1n) is 13.3. The van der Waals surface area contributed by atoms with E-state index >= 15 is 0 Å². The molecule has 1 heterocycles. The zero-order valence-electron chi connectivity index (χ0n) is 21.8. The maximum absolute atomic E-state index is 13.3. The van der Waals surface area contributed by atoms with E-state index in [1.807, 2.05) is 0 Å². The average Bonchev–Trinajstić information content (AvgIpc) is 3.72. The Morgan fingerprint density at radius 1 is 0.850 bits per heavy atom. The first-order valence-corrected chi connectivity index (χ1v) is 13.3. The Balaban J connectivity index is 1.67. The molecule has 3 aromatic rings. The van der Waals surface area contributed by atoms with Crippen molar-refractivity contribution in [3.05, 3.63) is 94.5 Å². The molecule has 0 spiro atoms. The Labute approximate surface area is 228 Å². The Morgan fingerprint density at radius 3 is 1.85 bits per heavy atom. The van der Waals surface area contributed by atoms with Crippen LogP contribution in [0.2, 0.25) is 0 Å². The van der Waals surface area contributed by atoms with Crippen LogP contribution in [0.3, 0.4) is 0 Å². The summed E-state index contributed by atoms with van der Waals surface area (Å²) in [5.41, 5.74) is 0.346. The van der Waals surface area contributed by atoms with Crippen LogP contribution >= 0.6 is 0 Å². The Bertz CT molecular complexity index is 1370. The Morgan fingerprint density at radius 2 is 1.38 bits per heavy atom. The molecule has 1 aliphatic carbocycles. The van der Waals surface area contributed by atoms with Gasteiger partial charge in [-0.1, -0.05) is 43.3 Å². The number of likely N-dealkylation sites (tertiary alicyclic amines) is 1. The third-order valence-corrected chi connectivity index (χ3v) is 8.32. The summed E-state index contributed by atoms with van der Waals surface area (Å²) in [6.45, 7) is 3.54. The number of aliphatic carboxylic acids is 1. The van der Waals surface area contributed by atoms with Gasteiger partial charge in [-0.05, 0) is 103 Å². The van der Waals surface area contributed by atoms with Gasteiger partial charge in [0.05, 0.1) is 22.6 Å². The zero-order valence-corrected chi connectivity index (χ0v) is 21.8. The molecule has 1 N–H and O–H groups in total. The van der Waals surface area contributed by atoms with Crippen LogP contribution in [0.15, 0.2) is 66.7 Å². The fraction of sp³-hybridized carbons (Fsp3) is 0.387. The summed E-state index contributed by atoms with van der Waals surface area (Å²) in [4.78, 5) is 14.3. The topological polar surface area (TPSA) is 40.5 Å². The SMILES string of the molecule is CC1CCN(C(c2ccc(C(F)(F)F)cc2)c2ccc(C3(C(=O)O)CC3)cc2-c2ccc(C(F)(F)F)cc2)CC1. The Kier molecular flexibility index (Phi) is 7.23. The summed E-state index contributed by atoms with van der Waals surface area (Å²) in [5.74, 6) is -0.463. The predicted octanol–water partition coefficient (Wildman–Crippen LogP) is 8.33. The molecule has 0 bridgehead atoms. The van der Waals surface area contributed by atoms with Crippen LogP contribution in [0, 0.1) is 5.92 Å². The second kappa shape index (κ2) is 10.3. The van der Waals surface area contributed by atoms with Crippen LogP contribution in [-0.2, 0) is 22.6 Å². The van der Waals surface area contributed by atoms with Crippen LogP contribution in [0.25, 0.3) is 11.1 Å². The number of benzene rings is 3. The summed E-state index contributed by atoms with van der Waals surface area (Å²) in [7, 11) is 0. The van der Waals surface area contributed by atoms with E-state index < -0.39 is 40.9 Å². The van der Waals surface area contributed by atoms with E-state index in [1.165, 1.54) is 24.3 Å². The number of alkyl halides is 6. The molecule has 9 heteroatoms. The van der Waals surface area contributed by atoms with Crippen molar-refractivity contribution >= 4 is 5.97 Å². The highest BCUT2D eigenvalue weighted by atomic mass is 19.4. The number of halogens is 6. The van der Waals surface area contributed by atoms with Crippen molar-refractivity contribution in [2.24, 2.45) is 5.92 Å². The molecular weight excluding hydrogens is 532 g/mol. The molecule has 3 aromatic carbocycles. The van der Waals surface area contributed by atoms with E-state index in [2.05, 4.69) is 11.8 Å². The third kappa shape index (κ3) is 5.48. The number of carboxylic acids is 1. The lowest BCUT2D eigenvalue weighted by Gasteiger charge is -2.38. The van der Waals surface area contributed by atoms with Gasteiger partial charge in [-0.3, -0.25) is 9.69 Å². The maximum atomic E-state index is 13.3. The van der Waals surface area contributed by atoms with Crippen LogP contribution in [0.1, 0.15) is 66.5 Å². The van der Waals surface area contributed by atoms with E-state index in [4.69, 9.17) is 0 Å². The first-order chi connectivity index (χ1) is 18.8. The highest BCUT2D eigenvalue weighted by Crippen LogP contribution is 2.50. The van der Waals surface area contributed by atoms with Crippen molar-refractivity contribution in [2.75, 3.05) is 13.1 Å². The predicted molar refractivity (Wildman–Crippen MR) is 139 cm³/mol. The third-order valence-electron chi connectivity index (χ3n) is 8.32. The molecule has 1 atom stereocenters. The summed E-state index contributed by atoms with van der Waals surface area (Å²) >= 11 is 0. The molecule has 0 radical (unpaired) electrons. The number of hydrogen-bond donors (Lipinski definition) is 1. The van der Waals surface area contributed by atoms with Gasteiger partial charge in [0.25, 0.3) is 0 Å². The highest BCUT2D eigenvalue weighted by Gasteiger charge is 2.52. The van der Waals surface area contributed by atoms with Gasteiger partial charge in [-0.2, -0.15) is 26.3 Å². The van der Waals surface area contributed by atoms with Crippen molar-refractivity contribution in [1.82, 2.24) is 4.90 Å². The fourth-order valence-electron chi connectivity index (χ4n) is 5.66. The molecule has 2 aliphatic rings. The van der Waals surface area contributed by atoms with Gasteiger partial charge >= 0.3 is 18.3 Å². The summed E-state index contributed by atoms with van der Waals surface area (Å²) < 4.78 is 79.9. The van der Waals surface area contributed by atoms with Crippen molar-refractivity contribution in [3.63, 3.8) is 0 Å².